The second kappa shape index (κ2) is 8.04. The minimum atomic E-state index is 0.813. The fourth-order valence-corrected chi connectivity index (χ4v) is 4.07. The van der Waals surface area contributed by atoms with E-state index in [1.807, 2.05) is 32.3 Å². The molecule has 0 amide bonds. The maximum absolute atomic E-state index is 6.19. The van der Waals surface area contributed by atoms with Crippen LogP contribution >= 0.6 is 0 Å². The van der Waals surface area contributed by atoms with Crippen LogP contribution in [0.4, 0.5) is 5.69 Å². The minimum absolute atomic E-state index is 0.813. The number of nitrogens with zero attached hydrogens (tertiary/aromatic N) is 2. The second-order valence-corrected chi connectivity index (χ2v) is 8.24. The first-order valence-corrected chi connectivity index (χ1v) is 11.0. The van der Waals surface area contributed by atoms with E-state index >= 15 is 0 Å². The molecule has 4 heteroatoms. The number of fused-ring (bicyclic) bond motifs is 2. The van der Waals surface area contributed by atoms with Gasteiger partial charge in [-0.3, -0.25) is 0 Å². The van der Waals surface area contributed by atoms with Gasteiger partial charge < -0.3 is 14.1 Å². The molecule has 0 spiro atoms. The van der Waals surface area contributed by atoms with Gasteiger partial charge in [0.2, 0.25) is 11.5 Å². The number of hydrogen-bond donors (Lipinski definition) is 0. The molecule has 4 aromatic rings. The summed E-state index contributed by atoms with van der Waals surface area (Å²) in [5, 5.41) is 0. The quantitative estimate of drug-likeness (QED) is 0.356. The Morgan fingerprint density at radius 2 is 1.81 bits per heavy atom. The van der Waals surface area contributed by atoms with Crippen molar-refractivity contribution in [1.29, 1.82) is 0 Å². The van der Waals surface area contributed by atoms with Crippen LogP contribution in [0.3, 0.4) is 0 Å². The van der Waals surface area contributed by atoms with E-state index in [1.165, 1.54) is 16.7 Å². The van der Waals surface area contributed by atoms with E-state index in [-0.39, 0.29) is 0 Å². The zero-order valence-corrected chi connectivity index (χ0v) is 18.9. The lowest BCUT2D eigenvalue weighted by atomic mass is 10.1. The Labute approximate surface area is 188 Å². The molecule has 0 atom stereocenters. The number of rotatable bonds is 4. The van der Waals surface area contributed by atoms with Gasteiger partial charge in [-0.25, -0.2) is 0 Å². The van der Waals surface area contributed by atoms with Crippen LogP contribution in [-0.4, -0.2) is 7.05 Å². The van der Waals surface area contributed by atoms with Crippen LogP contribution < -0.4 is 14.2 Å². The molecule has 32 heavy (non-hydrogen) atoms. The molecule has 2 heterocycles. The smallest absolute Gasteiger partial charge is 0.374 e. The average Bonchev–Trinajstić information content (AvgIpc) is 3.29. The van der Waals surface area contributed by atoms with Gasteiger partial charge in [0.15, 0.2) is 5.75 Å². The van der Waals surface area contributed by atoms with Gasteiger partial charge in [0, 0.05) is 19.2 Å². The van der Waals surface area contributed by atoms with Crippen LogP contribution in [0.15, 0.2) is 88.7 Å². The lowest BCUT2D eigenvalue weighted by Crippen LogP contribution is -2.29. The van der Waals surface area contributed by atoms with Gasteiger partial charge in [-0.1, -0.05) is 49.4 Å². The molecule has 0 fully saturated rings. The van der Waals surface area contributed by atoms with Crippen LogP contribution in [0.1, 0.15) is 24.8 Å². The number of aryl methyl sites for hydroxylation is 2. The zero-order chi connectivity index (χ0) is 22.2. The number of aromatic nitrogens is 1. The summed E-state index contributed by atoms with van der Waals surface area (Å²) in [6, 6.07) is 23.0. The van der Waals surface area contributed by atoms with Gasteiger partial charge in [0.25, 0.3) is 5.52 Å². The standard InChI is InChI=1S/C28H27N2O2/c1-5-20(16-27-29(3)23-15-19(2)11-13-25(23)31-27)17-28-30(4)24-18-22(12-14-26(24)32-28)21-9-7-6-8-10-21/h6-18H,5H2,1-4H3/q+1. The van der Waals surface area contributed by atoms with E-state index < -0.39 is 0 Å². The predicted octanol–water partition coefficient (Wildman–Crippen LogP) is 6.40. The lowest BCUT2D eigenvalue weighted by Gasteiger charge is -2.11. The van der Waals surface area contributed by atoms with E-state index in [1.54, 1.807) is 0 Å². The summed E-state index contributed by atoms with van der Waals surface area (Å²) in [4.78, 5) is 2.09. The topological polar surface area (TPSA) is 29.5 Å². The summed E-state index contributed by atoms with van der Waals surface area (Å²) in [6.45, 7) is 4.24. The summed E-state index contributed by atoms with van der Waals surface area (Å²) in [7, 11) is 4.08. The molecule has 0 saturated carbocycles. The first-order valence-electron chi connectivity index (χ1n) is 11.0. The van der Waals surface area contributed by atoms with Crippen molar-refractivity contribution < 1.29 is 13.7 Å². The first kappa shape index (κ1) is 20.1. The SMILES string of the molecule is CC/C(C=C1Oc2ccc(C)cc2N1C)=C\c1oc2ccc(-c3ccccc3)cc2[n+]1C. The fraction of sp³-hybridized carbons (Fsp3) is 0.179. The van der Waals surface area contributed by atoms with E-state index in [0.29, 0.717) is 0 Å². The van der Waals surface area contributed by atoms with Gasteiger partial charge >= 0.3 is 5.89 Å². The molecule has 3 aromatic carbocycles. The van der Waals surface area contributed by atoms with Crippen LogP contribution in [-0.2, 0) is 7.05 Å². The molecular formula is C28H27N2O2+. The van der Waals surface area contributed by atoms with Gasteiger partial charge in [-0.2, -0.15) is 4.57 Å². The number of oxazole rings is 1. The number of benzene rings is 3. The minimum Gasteiger partial charge on any atom is -0.439 e. The van der Waals surface area contributed by atoms with Crippen LogP contribution in [0.25, 0.3) is 28.3 Å². The Morgan fingerprint density at radius 1 is 1.00 bits per heavy atom. The molecule has 0 saturated heterocycles. The number of allylic oxidation sites excluding steroid dienone is 2. The van der Waals surface area contributed by atoms with Gasteiger partial charge in [-0.05, 0) is 53.8 Å². The highest BCUT2D eigenvalue weighted by Gasteiger charge is 2.24. The maximum atomic E-state index is 6.19. The van der Waals surface area contributed by atoms with Crippen molar-refractivity contribution in [3.05, 3.63) is 95.7 Å². The summed E-state index contributed by atoms with van der Waals surface area (Å²) in [5.74, 6) is 2.53. The molecular weight excluding hydrogens is 396 g/mol. The van der Waals surface area contributed by atoms with Crippen molar-refractivity contribution in [2.45, 2.75) is 20.3 Å². The van der Waals surface area contributed by atoms with Gasteiger partial charge in [0.1, 0.15) is 7.05 Å². The molecule has 160 valence electrons. The van der Waals surface area contributed by atoms with Crippen molar-refractivity contribution in [2.24, 2.45) is 7.05 Å². The predicted molar refractivity (Wildman–Crippen MR) is 129 cm³/mol. The largest absolute Gasteiger partial charge is 0.439 e. The maximum Gasteiger partial charge on any atom is 0.374 e. The molecule has 0 aliphatic carbocycles. The number of ether oxygens (including phenoxy) is 1. The molecule has 1 aromatic heterocycles. The van der Waals surface area contributed by atoms with Crippen molar-refractivity contribution in [1.82, 2.24) is 0 Å². The van der Waals surface area contributed by atoms with Gasteiger partial charge in [-0.15, -0.1) is 0 Å². The molecule has 0 radical (unpaired) electrons. The molecule has 4 nitrogen and oxygen atoms in total. The highest BCUT2D eigenvalue weighted by atomic mass is 16.5. The Morgan fingerprint density at radius 3 is 2.59 bits per heavy atom. The molecule has 0 N–H and O–H groups in total. The third-order valence-electron chi connectivity index (χ3n) is 6.02. The summed E-state index contributed by atoms with van der Waals surface area (Å²) in [5.41, 5.74) is 7.76. The molecule has 1 aliphatic rings. The molecule has 0 unspecified atom stereocenters. The normalized spacial score (nSPS) is 14.8. The highest BCUT2D eigenvalue weighted by Crippen LogP contribution is 2.39. The first-order chi connectivity index (χ1) is 15.5. The van der Waals surface area contributed by atoms with E-state index in [9.17, 15) is 0 Å². The van der Waals surface area contributed by atoms with E-state index in [4.69, 9.17) is 9.15 Å². The van der Waals surface area contributed by atoms with E-state index in [0.717, 1.165) is 46.3 Å². The fourth-order valence-electron chi connectivity index (χ4n) is 4.07. The summed E-state index contributed by atoms with van der Waals surface area (Å²) >= 11 is 0. The third kappa shape index (κ3) is 3.58. The van der Waals surface area contributed by atoms with Crippen molar-refractivity contribution in [3.63, 3.8) is 0 Å². The molecule has 0 bridgehead atoms. The van der Waals surface area contributed by atoms with Crippen molar-refractivity contribution in [3.8, 4) is 16.9 Å². The Bertz CT molecular complexity index is 1360. The Kier molecular flexibility index (Phi) is 5.06. The summed E-state index contributed by atoms with van der Waals surface area (Å²) < 4.78 is 14.4. The van der Waals surface area contributed by atoms with Crippen LogP contribution in [0.2, 0.25) is 0 Å². The lowest BCUT2D eigenvalue weighted by molar-refractivity contribution is -0.652. The van der Waals surface area contributed by atoms with Gasteiger partial charge in [0.05, 0.1) is 11.8 Å². The Balaban J connectivity index is 1.50. The average molecular weight is 424 g/mol. The molecule has 1 aliphatic heterocycles. The number of hydrogen-bond acceptors (Lipinski definition) is 3. The second-order valence-electron chi connectivity index (χ2n) is 8.24. The monoisotopic (exact) mass is 423 g/mol. The zero-order valence-electron chi connectivity index (χ0n) is 18.9. The third-order valence-corrected chi connectivity index (χ3v) is 6.02. The highest BCUT2D eigenvalue weighted by molar-refractivity contribution is 5.78. The number of anilines is 1. The van der Waals surface area contributed by atoms with E-state index in [2.05, 4.69) is 84.0 Å². The Hall–Kier alpha value is -3.79. The summed E-state index contributed by atoms with van der Waals surface area (Å²) in [6.07, 6.45) is 5.06. The molecule has 5 rings (SSSR count). The van der Waals surface area contributed by atoms with Crippen LogP contribution in [0.5, 0.6) is 5.75 Å². The van der Waals surface area contributed by atoms with Crippen molar-refractivity contribution in [2.75, 3.05) is 11.9 Å². The van der Waals surface area contributed by atoms with Crippen LogP contribution in [0, 0.1) is 6.92 Å². The van der Waals surface area contributed by atoms with Crippen molar-refractivity contribution >= 4 is 22.9 Å².